The third-order valence-corrected chi connectivity index (χ3v) is 7.29. The van der Waals surface area contributed by atoms with Crippen LogP contribution in [0.15, 0.2) is 6.07 Å². The molecule has 1 amide bonds. The van der Waals surface area contributed by atoms with Gasteiger partial charge in [-0.15, -0.1) is 11.3 Å². The predicted molar refractivity (Wildman–Crippen MR) is 84.7 cm³/mol. The average molecular weight is 327 g/mol. The maximum atomic E-state index is 12.3. The molecule has 1 aromatic heterocycles. The van der Waals surface area contributed by atoms with E-state index in [-0.39, 0.29) is 23.5 Å². The molecule has 0 aromatic carbocycles. The highest BCUT2D eigenvalue weighted by molar-refractivity contribution is 7.91. The van der Waals surface area contributed by atoms with Gasteiger partial charge >= 0.3 is 0 Å². The molecule has 0 spiro atoms. The third-order valence-electron chi connectivity index (χ3n) is 4.29. The summed E-state index contributed by atoms with van der Waals surface area (Å²) in [5.74, 6) is 0.178. The Morgan fingerprint density at radius 3 is 2.67 bits per heavy atom. The highest BCUT2D eigenvalue weighted by Gasteiger charge is 2.29. The zero-order valence-corrected chi connectivity index (χ0v) is 13.7. The van der Waals surface area contributed by atoms with Gasteiger partial charge in [0.15, 0.2) is 9.84 Å². The Hall–Kier alpha value is -0.880. The molecule has 6 heteroatoms. The topological polar surface area (TPSA) is 63.2 Å². The molecular formula is C15H21NO3S2. The minimum absolute atomic E-state index is 0.0871. The molecule has 2 heterocycles. The van der Waals surface area contributed by atoms with Gasteiger partial charge in [-0.05, 0) is 43.7 Å². The van der Waals surface area contributed by atoms with Crippen molar-refractivity contribution in [1.82, 2.24) is 5.32 Å². The fourth-order valence-electron chi connectivity index (χ4n) is 3.12. The van der Waals surface area contributed by atoms with E-state index in [1.165, 1.54) is 36.1 Å². The molecule has 1 atom stereocenters. The molecule has 0 saturated carbocycles. The molecule has 1 aliphatic heterocycles. The lowest BCUT2D eigenvalue weighted by molar-refractivity contribution is 0.0945. The van der Waals surface area contributed by atoms with Crippen LogP contribution in [0, 0.1) is 0 Å². The lowest BCUT2D eigenvalue weighted by atomic mass is 10.00. The molecule has 0 bridgehead atoms. The Morgan fingerprint density at radius 1 is 1.19 bits per heavy atom. The number of aryl methyl sites for hydroxylation is 2. The van der Waals surface area contributed by atoms with Crippen molar-refractivity contribution < 1.29 is 13.2 Å². The number of hydrogen-bond acceptors (Lipinski definition) is 4. The standard InChI is InChI=1S/C15H21NO3S2/c17-15(16-12-7-8-21(18,19)10-12)14-9-11-5-3-1-2-4-6-13(11)20-14/h9,12H,1-8,10H2,(H,16,17)/t12-/m0/s1. The summed E-state index contributed by atoms with van der Waals surface area (Å²) in [5.41, 5.74) is 1.32. The first-order valence-electron chi connectivity index (χ1n) is 7.66. The van der Waals surface area contributed by atoms with E-state index in [0.29, 0.717) is 6.42 Å². The Bertz CT molecular complexity index is 608. The number of thiophene rings is 1. The van der Waals surface area contributed by atoms with Crippen molar-refractivity contribution in [2.75, 3.05) is 11.5 Å². The van der Waals surface area contributed by atoms with Crippen LogP contribution in [0.2, 0.25) is 0 Å². The van der Waals surface area contributed by atoms with E-state index in [4.69, 9.17) is 0 Å². The van der Waals surface area contributed by atoms with Crippen molar-refractivity contribution in [3.05, 3.63) is 21.4 Å². The largest absolute Gasteiger partial charge is 0.348 e. The first kappa shape index (κ1) is 15.0. The first-order valence-corrected chi connectivity index (χ1v) is 10.3. The van der Waals surface area contributed by atoms with Gasteiger partial charge in [-0.3, -0.25) is 4.79 Å². The van der Waals surface area contributed by atoms with E-state index in [0.717, 1.165) is 17.7 Å². The second-order valence-electron chi connectivity index (χ2n) is 6.05. The molecule has 3 rings (SSSR count). The molecule has 1 fully saturated rings. The molecular weight excluding hydrogens is 306 g/mol. The first-order chi connectivity index (χ1) is 10.0. The van der Waals surface area contributed by atoms with Crippen LogP contribution in [0.4, 0.5) is 0 Å². The molecule has 1 saturated heterocycles. The minimum atomic E-state index is -2.95. The van der Waals surface area contributed by atoms with E-state index in [1.807, 2.05) is 6.07 Å². The summed E-state index contributed by atoms with van der Waals surface area (Å²) in [7, 11) is -2.95. The smallest absolute Gasteiger partial charge is 0.261 e. The summed E-state index contributed by atoms with van der Waals surface area (Å²) in [6.07, 6.45) is 7.64. The number of carbonyl (C=O) groups excluding carboxylic acids is 1. The summed E-state index contributed by atoms with van der Waals surface area (Å²) in [5, 5.41) is 2.88. The number of amides is 1. The van der Waals surface area contributed by atoms with Gasteiger partial charge in [0.05, 0.1) is 16.4 Å². The lowest BCUT2D eigenvalue weighted by Gasteiger charge is -2.09. The predicted octanol–water partition coefficient (Wildman–Crippen LogP) is 2.32. The summed E-state index contributed by atoms with van der Waals surface area (Å²) >= 11 is 1.59. The van der Waals surface area contributed by atoms with Crippen LogP contribution < -0.4 is 5.32 Å². The highest BCUT2D eigenvalue weighted by Crippen LogP contribution is 2.28. The quantitative estimate of drug-likeness (QED) is 0.907. The van der Waals surface area contributed by atoms with Gasteiger partial charge in [-0.25, -0.2) is 8.42 Å². The number of hydrogen-bond donors (Lipinski definition) is 1. The second kappa shape index (κ2) is 6.08. The molecule has 0 unspecified atom stereocenters. The van der Waals surface area contributed by atoms with Crippen LogP contribution >= 0.6 is 11.3 Å². The van der Waals surface area contributed by atoms with E-state index in [1.54, 1.807) is 11.3 Å². The highest BCUT2D eigenvalue weighted by atomic mass is 32.2. The lowest BCUT2D eigenvalue weighted by Crippen LogP contribution is -2.35. The Labute approximate surface area is 129 Å². The van der Waals surface area contributed by atoms with E-state index in [2.05, 4.69) is 5.32 Å². The Kier molecular flexibility index (Phi) is 4.36. The molecule has 4 nitrogen and oxygen atoms in total. The van der Waals surface area contributed by atoms with Gasteiger partial charge in [0.1, 0.15) is 0 Å². The zero-order chi connectivity index (χ0) is 14.9. The normalized spacial score (nSPS) is 24.9. The van der Waals surface area contributed by atoms with Crippen LogP contribution in [-0.2, 0) is 22.7 Å². The Morgan fingerprint density at radius 2 is 1.95 bits per heavy atom. The van der Waals surface area contributed by atoms with Gasteiger partial charge in [0.2, 0.25) is 0 Å². The third kappa shape index (κ3) is 3.66. The summed E-state index contributed by atoms with van der Waals surface area (Å²) in [6, 6.07) is 1.80. The van der Waals surface area contributed by atoms with Crippen LogP contribution in [0.25, 0.3) is 0 Å². The minimum Gasteiger partial charge on any atom is -0.348 e. The van der Waals surface area contributed by atoms with Gasteiger partial charge in [-0.2, -0.15) is 0 Å². The van der Waals surface area contributed by atoms with Crippen molar-refractivity contribution in [2.24, 2.45) is 0 Å². The van der Waals surface area contributed by atoms with Gasteiger partial charge in [-0.1, -0.05) is 12.8 Å². The van der Waals surface area contributed by atoms with Crippen molar-refractivity contribution in [3.8, 4) is 0 Å². The molecule has 1 aromatic rings. The zero-order valence-electron chi connectivity index (χ0n) is 12.1. The second-order valence-corrected chi connectivity index (χ2v) is 9.41. The molecule has 1 aliphatic carbocycles. The van der Waals surface area contributed by atoms with Crippen molar-refractivity contribution in [1.29, 1.82) is 0 Å². The number of sulfone groups is 1. The molecule has 0 radical (unpaired) electrons. The molecule has 1 N–H and O–H groups in total. The van der Waals surface area contributed by atoms with Gasteiger partial charge < -0.3 is 5.32 Å². The van der Waals surface area contributed by atoms with Gasteiger partial charge in [0.25, 0.3) is 5.91 Å². The number of nitrogens with one attached hydrogen (secondary N) is 1. The van der Waals surface area contributed by atoms with Gasteiger partial charge in [0, 0.05) is 10.9 Å². The maximum absolute atomic E-state index is 12.3. The summed E-state index contributed by atoms with van der Waals surface area (Å²) in [6.45, 7) is 0. The Balaban J connectivity index is 1.69. The fraction of sp³-hybridized carbons (Fsp3) is 0.667. The van der Waals surface area contributed by atoms with Crippen molar-refractivity contribution in [2.45, 2.75) is 51.0 Å². The SMILES string of the molecule is O=C(N[C@H]1CCS(=O)(=O)C1)c1cc2c(s1)CCCCCC2. The average Bonchev–Trinajstić information content (AvgIpc) is 2.93. The van der Waals surface area contributed by atoms with Crippen molar-refractivity contribution in [3.63, 3.8) is 0 Å². The van der Waals surface area contributed by atoms with Crippen LogP contribution in [-0.4, -0.2) is 31.9 Å². The number of carbonyl (C=O) groups is 1. The number of fused-ring (bicyclic) bond motifs is 1. The van der Waals surface area contributed by atoms with Crippen molar-refractivity contribution >= 4 is 27.1 Å². The van der Waals surface area contributed by atoms with E-state index >= 15 is 0 Å². The fourth-order valence-corrected chi connectivity index (χ4v) is 5.95. The summed E-state index contributed by atoms with van der Waals surface area (Å²) < 4.78 is 22.9. The molecule has 116 valence electrons. The summed E-state index contributed by atoms with van der Waals surface area (Å²) in [4.78, 5) is 14.4. The molecule has 2 aliphatic rings. The molecule has 21 heavy (non-hydrogen) atoms. The van der Waals surface area contributed by atoms with E-state index < -0.39 is 9.84 Å². The van der Waals surface area contributed by atoms with Crippen LogP contribution in [0.3, 0.4) is 0 Å². The van der Waals surface area contributed by atoms with Crippen LogP contribution in [0.1, 0.15) is 52.2 Å². The van der Waals surface area contributed by atoms with Crippen LogP contribution in [0.5, 0.6) is 0 Å². The van der Waals surface area contributed by atoms with E-state index in [9.17, 15) is 13.2 Å². The maximum Gasteiger partial charge on any atom is 0.261 e. The monoisotopic (exact) mass is 327 g/mol. The number of rotatable bonds is 2.